The van der Waals surface area contributed by atoms with Gasteiger partial charge in [0.05, 0.1) is 10.6 Å². The molecule has 0 aliphatic carbocycles. The third-order valence-corrected chi connectivity index (χ3v) is 6.60. The molecule has 1 N–H and O–H groups in total. The number of carbonyl (C=O) groups excluding carboxylic acids is 1. The summed E-state index contributed by atoms with van der Waals surface area (Å²) in [5.41, 5.74) is 2.48. The summed E-state index contributed by atoms with van der Waals surface area (Å²) >= 11 is 0. The van der Waals surface area contributed by atoms with Crippen molar-refractivity contribution in [2.24, 2.45) is 0 Å². The van der Waals surface area contributed by atoms with Crippen LogP contribution in [-0.4, -0.2) is 26.9 Å². The highest BCUT2D eigenvalue weighted by Crippen LogP contribution is 2.26. The molecular formula is C21H28N2O3S. The minimum absolute atomic E-state index is 0.166. The van der Waals surface area contributed by atoms with Crippen molar-refractivity contribution < 1.29 is 13.2 Å². The van der Waals surface area contributed by atoms with Crippen molar-refractivity contribution in [3.63, 3.8) is 0 Å². The molecule has 146 valence electrons. The highest BCUT2D eigenvalue weighted by Gasteiger charge is 2.24. The second-order valence-corrected chi connectivity index (χ2v) is 9.45. The van der Waals surface area contributed by atoms with Gasteiger partial charge in [0.1, 0.15) is 0 Å². The summed E-state index contributed by atoms with van der Waals surface area (Å²) in [5, 5.41) is 2.99. The van der Waals surface area contributed by atoms with Crippen LogP contribution in [0.2, 0.25) is 0 Å². The molecule has 0 aliphatic rings. The van der Waals surface area contributed by atoms with Crippen LogP contribution in [-0.2, 0) is 10.0 Å². The SMILES string of the molecule is CCC(C)(C)NC(=O)c1ccc(N(C)S(=O)(=O)c2ccc(C)cc2)c(C)c1. The largest absolute Gasteiger partial charge is 0.347 e. The Kier molecular flexibility index (Phi) is 6.00. The smallest absolute Gasteiger partial charge is 0.264 e. The van der Waals surface area contributed by atoms with Gasteiger partial charge in [-0.15, -0.1) is 0 Å². The third-order valence-electron chi connectivity index (χ3n) is 4.81. The van der Waals surface area contributed by atoms with Gasteiger partial charge < -0.3 is 5.32 Å². The van der Waals surface area contributed by atoms with Gasteiger partial charge in [-0.25, -0.2) is 8.42 Å². The summed E-state index contributed by atoms with van der Waals surface area (Å²) in [6, 6.07) is 11.8. The molecule has 2 rings (SSSR count). The van der Waals surface area contributed by atoms with E-state index >= 15 is 0 Å². The molecule has 0 atom stereocenters. The molecule has 6 heteroatoms. The number of benzene rings is 2. The molecule has 5 nitrogen and oxygen atoms in total. The molecule has 0 aromatic heterocycles. The van der Waals surface area contributed by atoms with E-state index in [1.54, 1.807) is 49.4 Å². The quantitative estimate of drug-likeness (QED) is 0.812. The lowest BCUT2D eigenvalue weighted by molar-refractivity contribution is 0.0911. The van der Waals surface area contributed by atoms with Crippen molar-refractivity contribution in [3.8, 4) is 0 Å². The van der Waals surface area contributed by atoms with Gasteiger partial charge in [0.25, 0.3) is 15.9 Å². The molecule has 0 saturated heterocycles. The van der Waals surface area contributed by atoms with Crippen LogP contribution < -0.4 is 9.62 Å². The van der Waals surface area contributed by atoms with Crippen LogP contribution in [0.25, 0.3) is 0 Å². The number of hydrogen-bond acceptors (Lipinski definition) is 3. The van der Waals surface area contributed by atoms with Crippen molar-refractivity contribution in [2.45, 2.75) is 51.5 Å². The fraction of sp³-hybridized carbons (Fsp3) is 0.381. The van der Waals surface area contributed by atoms with Crippen molar-refractivity contribution >= 4 is 21.6 Å². The topological polar surface area (TPSA) is 66.5 Å². The number of nitrogens with one attached hydrogen (secondary N) is 1. The van der Waals surface area contributed by atoms with E-state index in [0.717, 1.165) is 17.5 Å². The average Bonchev–Trinajstić information content (AvgIpc) is 2.61. The Hall–Kier alpha value is -2.34. The van der Waals surface area contributed by atoms with E-state index in [4.69, 9.17) is 0 Å². The van der Waals surface area contributed by atoms with Gasteiger partial charge in [0.2, 0.25) is 0 Å². The Labute approximate surface area is 162 Å². The third kappa shape index (κ3) is 4.69. The fourth-order valence-electron chi connectivity index (χ4n) is 2.62. The normalized spacial score (nSPS) is 11.9. The number of anilines is 1. The number of hydrogen-bond donors (Lipinski definition) is 1. The Bertz CT molecular complexity index is 932. The Balaban J connectivity index is 2.31. The zero-order valence-corrected chi connectivity index (χ0v) is 17.6. The fourth-order valence-corrected chi connectivity index (χ4v) is 3.88. The van der Waals surface area contributed by atoms with Gasteiger partial charge in [-0.05, 0) is 70.0 Å². The Morgan fingerprint density at radius 3 is 2.19 bits per heavy atom. The first-order valence-electron chi connectivity index (χ1n) is 8.97. The van der Waals surface area contributed by atoms with Crippen LogP contribution in [0.3, 0.4) is 0 Å². The van der Waals surface area contributed by atoms with Gasteiger partial charge in [-0.2, -0.15) is 0 Å². The first-order valence-corrected chi connectivity index (χ1v) is 10.4. The lowest BCUT2D eigenvalue weighted by atomic mass is 10.0. The first kappa shape index (κ1) is 21.0. The van der Waals surface area contributed by atoms with Crippen LogP contribution in [0, 0.1) is 13.8 Å². The summed E-state index contributed by atoms with van der Waals surface area (Å²) in [6.45, 7) is 9.66. The number of nitrogens with zero attached hydrogens (tertiary/aromatic N) is 1. The maximum atomic E-state index is 12.9. The number of sulfonamides is 1. The van der Waals surface area contributed by atoms with Crippen molar-refractivity contribution in [3.05, 3.63) is 59.2 Å². The van der Waals surface area contributed by atoms with E-state index < -0.39 is 10.0 Å². The average molecular weight is 389 g/mol. The van der Waals surface area contributed by atoms with Crippen molar-refractivity contribution in [2.75, 3.05) is 11.4 Å². The van der Waals surface area contributed by atoms with E-state index in [1.165, 1.54) is 11.4 Å². The summed E-state index contributed by atoms with van der Waals surface area (Å²) < 4.78 is 27.0. The molecule has 0 bridgehead atoms. The summed E-state index contributed by atoms with van der Waals surface area (Å²) in [5.74, 6) is -0.166. The van der Waals surface area contributed by atoms with E-state index in [9.17, 15) is 13.2 Å². The molecule has 0 heterocycles. The van der Waals surface area contributed by atoms with Gasteiger partial charge in [0.15, 0.2) is 0 Å². The van der Waals surface area contributed by atoms with Gasteiger partial charge in [0, 0.05) is 18.2 Å². The number of rotatable bonds is 6. The molecule has 2 aromatic carbocycles. The van der Waals surface area contributed by atoms with E-state index in [0.29, 0.717) is 11.3 Å². The molecule has 0 aliphatic heterocycles. The van der Waals surface area contributed by atoms with Crippen LogP contribution in [0.1, 0.15) is 48.7 Å². The van der Waals surface area contributed by atoms with Crippen LogP contribution in [0.5, 0.6) is 0 Å². The molecule has 2 aromatic rings. The van der Waals surface area contributed by atoms with Crippen molar-refractivity contribution in [1.29, 1.82) is 0 Å². The Morgan fingerprint density at radius 1 is 1.07 bits per heavy atom. The molecular weight excluding hydrogens is 360 g/mol. The Morgan fingerprint density at radius 2 is 1.67 bits per heavy atom. The number of aryl methyl sites for hydroxylation is 2. The maximum absolute atomic E-state index is 12.9. The zero-order valence-electron chi connectivity index (χ0n) is 16.8. The second-order valence-electron chi connectivity index (χ2n) is 7.48. The second kappa shape index (κ2) is 7.72. The molecule has 0 saturated carbocycles. The number of carbonyl (C=O) groups is 1. The van der Waals surface area contributed by atoms with E-state index in [1.807, 2.05) is 27.7 Å². The summed E-state index contributed by atoms with van der Waals surface area (Å²) in [6.07, 6.45) is 0.813. The summed E-state index contributed by atoms with van der Waals surface area (Å²) in [4.78, 5) is 12.7. The van der Waals surface area contributed by atoms with Crippen LogP contribution in [0.4, 0.5) is 5.69 Å². The predicted molar refractivity (Wildman–Crippen MR) is 110 cm³/mol. The van der Waals surface area contributed by atoms with Gasteiger partial charge in [-0.3, -0.25) is 9.10 Å². The monoisotopic (exact) mass is 388 g/mol. The first-order chi connectivity index (χ1) is 12.5. The molecule has 27 heavy (non-hydrogen) atoms. The minimum atomic E-state index is -3.66. The van der Waals surface area contributed by atoms with E-state index in [2.05, 4.69) is 5.32 Å². The molecule has 0 radical (unpaired) electrons. The highest BCUT2D eigenvalue weighted by molar-refractivity contribution is 7.92. The van der Waals surface area contributed by atoms with E-state index in [-0.39, 0.29) is 16.3 Å². The predicted octanol–water partition coefficient (Wildman–Crippen LogP) is 4.05. The minimum Gasteiger partial charge on any atom is -0.347 e. The molecule has 0 unspecified atom stereocenters. The molecule has 0 fully saturated rings. The standard InChI is InChI=1S/C21H28N2O3S/c1-7-21(4,5)22-20(24)17-10-13-19(16(3)14-17)23(6)27(25,26)18-11-8-15(2)9-12-18/h8-14H,7H2,1-6H3,(H,22,24). The van der Waals surface area contributed by atoms with Crippen molar-refractivity contribution in [1.82, 2.24) is 5.32 Å². The highest BCUT2D eigenvalue weighted by atomic mass is 32.2. The van der Waals surface area contributed by atoms with Gasteiger partial charge >= 0.3 is 0 Å². The summed E-state index contributed by atoms with van der Waals surface area (Å²) in [7, 11) is -2.14. The van der Waals surface area contributed by atoms with Crippen LogP contribution in [0.15, 0.2) is 47.4 Å². The zero-order chi connectivity index (χ0) is 20.4. The molecule has 1 amide bonds. The number of amides is 1. The lowest BCUT2D eigenvalue weighted by Crippen LogP contribution is -2.42. The lowest BCUT2D eigenvalue weighted by Gasteiger charge is -2.25. The van der Waals surface area contributed by atoms with Crippen LogP contribution >= 0.6 is 0 Å². The maximum Gasteiger partial charge on any atom is 0.264 e. The van der Waals surface area contributed by atoms with Gasteiger partial charge in [-0.1, -0.05) is 24.6 Å². The molecule has 0 spiro atoms.